The van der Waals surface area contributed by atoms with Crippen LogP contribution in [0.4, 0.5) is 0 Å². The van der Waals surface area contributed by atoms with E-state index in [9.17, 15) is 19.5 Å². The lowest BCUT2D eigenvalue weighted by Crippen LogP contribution is -2.19. The molecule has 148 valence electrons. The van der Waals surface area contributed by atoms with Crippen LogP contribution in [-0.2, 0) is 19.9 Å². The smallest absolute Gasteiger partial charge is 0.470 e. The van der Waals surface area contributed by atoms with Gasteiger partial charge in [-0.25, -0.2) is 4.57 Å². The molecule has 0 fully saturated rings. The third-order valence-corrected chi connectivity index (χ3v) is 4.88. The highest BCUT2D eigenvalue weighted by atomic mass is 31.2. The summed E-state index contributed by atoms with van der Waals surface area (Å²) in [5, 5.41) is 10.9. The van der Waals surface area contributed by atoms with Gasteiger partial charge in [0.2, 0.25) is 0 Å². The summed E-state index contributed by atoms with van der Waals surface area (Å²) in [7, 11) is -4.74. The average molecular weight is 392 g/mol. The van der Waals surface area contributed by atoms with Crippen molar-refractivity contribution in [2.45, 2.75) is 58.5 Å². The molecule has 27 heavy (non-hydrogen) atoms. The molecule has 5 nitrogen and oxygen atoms in total. The zero-order valence-corrected chi connectivity index (χ0v) is 17.6. The number of phosphoric acid groups is 1. The van der Waals surface area contributed by atoms with E-state index in [1.165, 1.54) is 0 Å². The van der Waals surface area contributed by atoms with E-state index in [0.29, 0.717) is 22.3 Å². The molecule has 0 spiro atoms. The molecule has 0 saturated carbocycles. The molecule has 1 unspecified atom stereocenters. The van der Waals surface area contributed by atoms with E-state index in [1.807, 2.05) is 47.6 Å². The number of hydrogen-bond donors (Lipinski definition) is 3. The monoisotopic (exact) mass is 392 g/mol. The summed E-state index contributed by atoms with van der Waals surface area (Å²) in [6, 6.07) is 12.5. The maximum Gasteiger partial charge on any atom is 0.470 e. The lowest BCUT2D eigenvalue weighted by molar-refractivity contribution is 0.157. The van der Waals surface area contributed by atoms with Gasteiger partial charge in [0.05, 0.1) is 0 Å². The Kier molecular flexibility index (Phi) is 5.93. The maximum absolute atomic E-state index is 11.6. The third kappa shape index (κ3) is 5.43. The molecule has 2 rings (SSSR count). The number of phenols is 1. The Bertz CT molecular complexity index is 806. The summed E-state index contributed by atoms with van der Waals surface area (Å²) in [5.41, 5.74) is 1.93. The summed E-state index contributed by atoms with van der Waals surface area (Å²) in [5.74, 6) is 0.210. The minimum Gasteiger partial charge on any atom is -0.507 e. The fourth-order valence-corrected chi connectivity index (χ4v) is 3.55. The second-order valence-corrected chi connectivity index (χ2v) is 10.0. The molecular weight excluding hydrogens is 363 g/mol. The topological polar surface area (TPSA) is 87.0 Å². The van der Waals surface area contributed by atoms with Crippen LogP contribution in [0.5, 0.6) is 5.75 Å². The van der Waals surface area contributed by atoms with Gasteiger partial charge in [-0.1, -0.05) is 71.9 Å². The highest BCUT2D eigenvalue weighted by Gasteiger charge is 2.31. The van der Waals surface area contributed by atoms with Gasteiger partial charge in [0.1, 0.15) is 11.9 Å². The first kappa shape index (κ1) is 21.6. The second kappa shape index (κ2) is 7.40. The summed E-state index contributed by atoms with van der Waals surface area (Å²) in [6.07, 6.45) is -0.949. The van der Waals surface area contributed by atoms with Gasteiger partial charge < -0.3 is 14.9 Å². The van der Waals surface area contributed by atoms with E-state index in [1.54, 1.807) is 36.4 Å². The largest absolute Gasteiger partial charge is 0.507 e. The van der Waals surface area contributed by atoms with E-state index >= 15 is 0 Å². The summed E-state index contributed by atoms with van der Waals surface area (Å²) < 4.78 is 16.8. The quantitative estimate of drug-likeness (QED) is 0.624. The van der Waals surface area contributed by atoms with Crippen molar-refractivity contribution in [3.63, 3.8) is 0 Å². The normalized spacial score (nSPS) is 14.2. The molecule has 3 N–H and O–H groups in total. The first-order valence-electron chi connectivity index (χ1n) is 8.87. The highest BCUT2D eigenvalue weighted by Crippen LogP contribution is 2.47. The Morgan fingerprint density at radius 3 is 1.67 bits per heavy atom. The fraction of sp³-hybridized carbons (Fsp3) is 0.429. The van der Waals surface area contributed by atoms with E-state index in [0.717, 1.165) is 0 Å². The molecule has 0 aliphatic rings. The zero-order chi connectivity index (χ0) is 20.6. The zero-order valence-electron chi connectivity index (χ0n) is 16.7. The summed E-state index contributed by atoms with van der Waals surface area (Å²) in [6.45, 7) is 11.9. The van der Waals surface area contributed by atoms with Gasteiger partial charge in [-0.3, -0.25) is 4.52 Å². The van der Waals surface area contributed by atoms with Gasteiger partial charge in [0.15, 0.2) is 0 Å². The minimum absolute atomic E-state index is 0.210. The standard InChI is InChI=1S/C21H29O5P/c1-20(2,3)16-12-15(13-17(18(16)22)21(4,5)6)19(26-27(23,24)25)14-10-8-7-9-11-14/h7-13,19,22H,1-6H3,(H2,23,24,25). The minimum atomic E-state index is -4.74. The number of aromatic hydroxyl groups is 1. The highest BCUT2D eigenvalue weighted by molar-refractivity contribution is 7.46. The van der Waals surface area contributed by atoms with Crippen molar-refractivity contribution >= 4 is 7.82 Å². The molecule has 0 bridgehead atoms. The predicted molar refractivity (Wildman–Crippen MR) is 107 cm³/mol. The van der Waals surface area contributed by atoms with Crippen LogP contribution in [0, 0.1) is 0 Å². The average Bonchev–Trinajstić information content (AvgIpc) is 2.51. The molecule has 2 aromatic rings. The first-order valence-corrected chi connectivity index (χ1v) is 10.4. The van der Waals surface area contributed by atoms with Gasteiger partial charge in [0, 0.05) is 0 Å². The molecule has 0 saturated heterocycles. The van der Waals surface area contributed by atoms with Crippen molar-refractivity contribution in [1.82, 2.24) is 0 Å². The molecule has 0 heterocycles. The SMILES string of the molecule is CC(C)(C)c1cc(C(OP(=O)(O)O)c2ccccc2)cc(C(C)(C)C)c1O. The molecule has 0 amide bonds. The van der Waals surface area contributed by atoms with E-state index in [4.69, 9.17) is 4.52 Å². The van der Waals surface area contributed by atoms with Gasteiger partial charge in [0.25, 0.3) is 0 Å². The Hall–Kier alpha value is -1.65. The van der Waals surface area contributed by atoms with E-state index < -0.39 is 13.9 Å². The van der Waals surface area contributed by atoms with Crippen LogP contribution in [0.25, 0.3) is 0 Å². The predicted octanol–water partition coefficient (Wildman–Crippen LogP) is 5.19. The number of benzene rings is 2. The molecule has 0 radical (unpaired) electrons. The van der Waals surface area contributed by atoms with Gasteiger partial charge in [-0.2, -0.15) is 0 Å². The molecule has 0 aliphatic carbocycles. The van der Waals surface area contributed by atoms with Crippen molar-refractivity contribution in [2.75, 3.05) is 0 Å². The Balaban J connectivity index is 2.77. The summed E-state index contributed by atoms with van der Waals surface area (Å²) >= 11 is 0. The molecule has 0 aromatic heterocycles. The third-order valence-electron chi connectivity index (χ3n) is 4.40. The van der Waals surface area contributed by atoms with E-state index in [-0.39, 0.29) is 16.6 Å². The molecule has 2 aromatic carbocycles. The maximum atomic E-state index is 11.6. The van der Waals surface area contributed by atoms with Crippen molar-refractivity contribution in [1.29, 1.82) is 0 Å². The lowest BCUT2D eigenvalue weighted by Gasteiger charge is -2.30. The molecular formula is C21H29O5P. The Morgan fingerprint density at radius 2 is 1.30 bits per heavy atom. The van der Waals surface area contributed by atoms with Crippen molar-refractivity contribution in [3.8, 4) is 5.75 Å². The number of phosphoric ester groups is 1. The number of hydrogen-bond acceptors (Lipinski definition) is 3. The van der Waals surface area contributed by atoms with Gasteiger partial charge in [-0.05, 0) is 45.2 Å². The van der Waals surface area contributed by atoms with Crippen LogP contribution in [0.15, 0.2) is 42.5 Å². The second-order valence-electron chi connectivity index (χ2n) is 8.85. The van der Waals surface area contributed by atoms with Crippen LogP contribution in [-0.4, -0.2) is 14.9 Å². The van der Waals surface area contributed by atoms with Crippen LogP contribution < -0.4 is 0 Å². The van der Waals surface area contributed by atoms with Crippen molar-refractivity contribution in [3.05, 3.63) is 64.7 Å². The van der Waals surface area contributed by atoms with Crippen LogP contribution in [0.1, 0.15) is 69.9 Å². The number of rotatable bonds is 4. The molecule has 0 aliphatic heterocycles. The van der Waals surface area contributed by atoms with Crippen molar-refractivity contribution in [2.24, 2.45) is 0 Å². The fourth-order valence-electron chi connectivity index (χ4n) is 3.03. The Morgan fingerprint density at radius 1 is 0.852 bits per heavy atom. The van der Waals surface area contributed by atoms with E-state index in [2.05, 4.69) is 0 Å². The lowest BCUT2D eigenvalue weighted by atomic mass is 9.77. The van der Waals surface area contributed by atoms with Gasteiger partial charge in [-0.15, -0.1) is 0 Å². The molecule has 6 heteroatoms. The van der Waals surface area contributed by atoms with Crippen LogP contribution in [0.3, 0.4) is 0 Å². The number of phenolic OH excluding ortho intramolecular Hbond substituents is 1. The van der Waals surface area contributed by atoms with Crippen LogP contribution >= 0.6 is 7.82 Å². The Labute approximate surface area is 161 Å². The van der Waals surface area contributed by atoms with Crippen LogP contribution in [0.2, 0.25) is 0 Å². The molecule has 1 atom stereocenters. The first-order chi connectivity index (χ1) is 12.2. The van der Waals surface area contributed by atoms with Crippen molar-refractivity contribution < 1.29 is 24.0 Å². The summed E-state index contributed by atoms with van der Waals surface area (Å²) in [4.78, 5) is 18.9. The van der Waals surface area contributed by atoms with Gasteiger partial charge >= 0.3 is 7.82 Å².